The van der Waals surface area contributed by atoms with Gasteiger partial charge in [-0.1, -0.05) is 12.1 Å². The van der Waals surface area contributed by atoms with E-state index in [0.29, 0.717) is 43.2 Å². The number of nitrogens with one attached hydrogen (secondary N) is 1. The first-order valence-electron chi connectivity index (χ1n) is 13.5. The second-order valence-corrected chi connectivity index (χ2v) is 12.8. The number of rotatable bonds is 12. The number of nitrogens with zero attached hydrogens (tertiary/aromatic N) is 1. The Labute approximate surface area is 239 Å². The Kier molecular flexibility index (Phi) is 10.5. The van der Waals surface area contributed by atoms with Crippen LogP contribution in [0.2, 0.25) is 0 Å². The highest BCUT2D eigenvalue weighted by atomic mass is 32.2. The van der Waals surface area contributed by atoms with Gasteiger partial charge in [-0.25, -0.2) is 17.9 Å². The monoisotopic (exact) mass is 598 g/mol. The molecular weight excluding hydrogens is 561 g/mol. The van der Waals surface area contributed by atoms with Crippen molar-refractivity contribution < 1.29 is 40.7 Å². The minimum Gasteiger partial charge on any atom is -0.444 e. The summed E-state index contributed by atoms with van der Waals surface area (Å²) in [5.74, 6) is -0.407. The van der Waals surface area contributed by atoms with Gasteiger partial charge in [0.2, 0.25) is 10.0 Å². The fraction of sp³-hybridized carbons (Fsp3) is 0.517. The third kappa shape index (κ3) is 9.19. The maximum absolute atomic E-state index is 13.3. The smallest absolute Gasteiger partial charge is 0.444 e. The first-order chi connectivity index (χ1) is 19.1. The van der Waals surface area contributed by atoms with Gasteiger partial charge in [-0.3, -0.25) is 0 Å². The first kappa shape index (κ1) is 32.4. The summed E-state index contributed by atoms with van der Waals surface area (Å²) in [5.41, 5.74) is 2.13. The first-order valence-corrected chi connectivity index (χ1v) is 15.0. The van der Waals surface area contributed by atoms with Crippen LogP contribution >= 0.6 is 0 Å². The van der Waals surface area contributed by atoms with E-state index in [-0.39, 0.29) is 30.0 Å². The molecule has 8 nitrogen and oxygen atoms in total. The van der Waals surface area contributed by atoms with Crippen molar-refractivity contribution in [3.63, 3.8) is 0 Å². The van der Waals surface area contributed by atoms with Gasteiger partial charge in [0.05, 0.1) is 4.90 Å². The Morgan fingerprint density at radius 2 is 1.78 bits per heavy atom. The van der Waals surface area contributed by atoms with E-state index in [0.717, 1.165) is 23.8 Å². The number of amides is 1. The van der Waals surface area contributed by atoms with Crippen molar-refractivity contribution in [2.24, 2.45) is 0 Å². The summed E-state index contributed by atoms with van der Waals surface area (Å²) in [7, 11) is -2.43. The lowest BCUT2D eigenvalue weighted by molar-refractivity contribution is -0.274. The number of benzene rings is 2. The minimum absolute atomic E-state index is 0.0127. The fourth-order valence-electron chi connectivity index (χ4n) is 4.77. The molecule has 41 heavy (non-hydrogen) atoms. The van der Waals surface area contributed by atoms with Gasteiger partial charge in [0, 0.05) is 19.5 Å². The predicted octanol–water partition coefficient (Wildman–Crippen LogP) is 5.80. The number of ether oxygens (including phenoxy) is 2. The number of hydrogen-bond acceptors (Lipinski definition) is 6. The molecule has 2 aromatic carbocycles. The molecule has 1 aliphatic rings. The van der Waals surface area contributed by atoms with E-state index in [9.17, 15) is 31.2 Å². The van der Waals surface area contributed by atoms with Gasteiger partial charge in [-0.2, -0.15) is 0 Å². The van der Waals surface area contributed by atoms with Crippen LogP contribution in [0.25, 0.3) is 11.1 Å². The Hall–Kier alpha value is -3.12. The number of sulfonamides is 1. The molecular formula is C29H37F3N2O6S. The molecule has 1 amide bonds. The van der Waals surface area contributed by atoms with E-state index >= 15 is 0 Å². The molecule has 0 bridgehead atoms. The summed E-state index contributed by atoms with van der Waals surface area (Å²) in [5, 5.41) is 0. The normalized spacial score (nSPS) is 13.5. The lowest BCUT2D eigenvalue weighted by Gasteiger charge is -2.28. The fourth-order valence-corrected chi connectivity index (χ4v) is 5.83. The quantitative estimate of drug-likeness (QED) is 0.245. The maximum atomic E-state index is 13.3. The number of hydrogen-bond donors (Lipinski definition) is 1. The van der Waals surface area contributed by atoms with Crippen LogP contribution < -0.4 is 9.46 Å². The van der Waals surface area contributed by atoms with Crippen LogP contribution in [0.4, 0.5) is 18.0 Å². The third-order valence-electron chi connectivity index (χ3n) is 6.65. The number of aryl methyl sites for hydroxylation is 1. The molecule has 12 heteroatoms. The van der Waals surface area contributed by atoms with Crippen molar-refractivity contribution in [2.45, 2.75) is 82.6 Å². The second-order valence-electron chi connectivity index (χ2n) is 10.9. The van der Waals surface area contributed by atoms with E-state index in [1.54, 1.807) is 26.8 Å². The number of alkyl halides is 3. The van der Waals surface area contributed by atoms with Gasteiger partial charge in [-0.15, -0.1) is 13.2 Å². The molecule has 0 atom stereocenters. The maximum Gasteiger partial charge on any atom is 0.573 e. The highest BCUT2D eigenvalue weighted by Gasteiger charge is 2.32. The molecule has 0 saturated carbocycles. The van der Waals surface area contributed by atoms with Crippen molar-refractivity contribution in [3.8, 4) is 16.9 Å². The summed E-state index contributed by atoms with van der Waals surface area (Å²) >= 11 is 0. The summed E-state index contributed by atoms with van der Waals surface area (Å²) in [6, 6.07) is 7.62. The molecule has 0 fully saturated rings. The molecule has 0 aliphatic heterocycles. The number of halogens is 3. The summed E-state index contributed by atoms with van der Waals surface area (Å²) < 4.78 is 77.5. The average Bonchev–Trinajstić information content (AvgIpc) is 3.35. The van der Waals surface area contributed by atoms with Gasteiger partial charge >= 0.3 is 12.5 Å². The Bertz CT molecular complexity index is 1350. The van der Waals surface area contributed by atoms with Gasteiger partial charge in [0.1, 0.15) is 17.6 Å². The molecule has 0 saturated heterocycles. The van der Waals surface area contributed by atoms with Gasteiger partial charge in [-0.05, 0) is 112 Å². The third-order valence-corrected chi connectivity index (χ3v) is 8.14. The molecule has 0 aromatic heterocycles. The summed E-state index contributed by atoms with van der Waals surface area (Å²) in [6.07, 6.45) is -1.21. The number of unbranched alkanes of at least 4 members (excludes halogenated alkanes) is 2. The van der Waals surface area contributed by atoms with Crippen LogP contribution in [0.3, 0.4) is 0 Å². The molecule has 3 rings (SSSR count). The predicted molar refractivity (Wildman–Crippen MR) is 148 cm³/mol. The molecule has 0 radical (unpaired) electrons. The molecule has 1 N–H and O–H groups in total. The van der Waals surface area contributed by atoms with Crippen molar-refractivity contribution >= 4 is 22.4 Å². The second kappa shape index (κ2) is 13.2. The van der Waals surface area contributed by atoms with E-state index < -0.39 is 33.8 Å². The topological polar surface area (TPSA) is 102 Å². The van der Waals surface area contributed by atoms with Crippen molar-refractivity contribution in [2.75, 3.05) is 20.1 Å². The Balaban J connectivity index is 1.98. The van der Waals surface area contributed by atoms with E-state index in [2.05, 4.69) is 9.46 Å². The Morgan fingerprint density at radius 1 is 1.05 bits per heavy atom. The molecule has 0 heterocycles. The van der Waals surface area contributed by atoms with Crippen molar-refractivity contribution in [1.82, 2.24) is 9.62 Å². The molecule has 0 spiro atoms. The number of fused-ring (bicyclic) bond motifs is 1. The van der Waals surface area contributed by atoms with Crippen LogP contribution in [0.1, 0.15) is 63.1 Å². The Morgan fingerprint density at radius 3 is 2.41 bits per heavy atom. The molecule has 0 unspecified atom stereocenters. The number of carbonyl (C=O) groups excluding carboxylic acids is 2. The number of carbonyl (C=O) groups is 2. The number of aldehydes is 1. The minimum atomic E-state index is -4.93. The largest absolute Gasteiger partial charge is 0.573 e. The zero-order valence-corrected chi connectivity index (χ0v) is 24.6. The van der Waals surface area contributed by atoms with Crippen LogP contribution in [0, 0.1) is 0 Å². The van der Waals surface area contributed by atoms with Gasteiger partial charge in [0.25, 0.3) is 0 Å². The van der Waals surface area contributed by atoms with Gasteiger partial charge < -0.3 is 19.2 Å². The highest BCUT2D eigenvalue weighted by molar-refractivity contribution is 7.89. The molecule has 1 aliphatic carbocycles. The summed E-state index contributed by atoms with van der Waals surface area (Å²) in [6.45, 7) is 5.44. The van der Waals surface area contributed by atoms with Crippen molar-refractivity contribution in [3.05, 3.63) is 47.0 Å². The van der Waals surface area contributed by atoms with Crippen LogP contribution in [0.5, 0.6) is 5.75 Å². The van der Waals surface area contributed by atoms with Gasteiger partial charge in [0.15, 0.2) is 0 Å². The lowest BCUT2D eigenvalue weighted by Crippen LogP contribution is -2.38. The van der Waals surface area contributed by atoms with Crippen LogP contribution in [-0.2, 0) is 38.8 Å². The van der Waals surface area contributed by atoms with E-state index in [4.69, 9.17) is 4.74 Å². The molecule has 2 aromatic rings. The average molecular weight is 599 g/mol. The van der Waals surface area contributed by atoms with Crippen LogP contribution in [0.15, 0.2) is 35.2 Å². The zero-order valence-electron chi connectivity index (χ0n) is 23.8. The highest BCUT2D eigenvalue weighted by Crippen LogP contribution is 2.36. The van der Waals surface area contributed by atoms with E-state index in [1.165, 1.54) is 30.1 Å². The van der Waals surface area contributed by atoms with Crippen LogP contribution in [-0.4, -0.2) is 57.8 Å². The zero-order chi connectivity index (χ0) is 30.4. The molecule has 226 valence electrons. The standard InChI is InChI=1S/C29H37F3N2O6S/c1-28(2,3)40-27(36)34(14-6-5-7-16-35)15-13-22-17-20(11-12-25(22)39-29(30,31)32)23-18-21-9-8-10-24(21)26(19-23)41(37,38)33-4/h11-12,16-19,33H,5-10,13-15H2,1-4H3. The van der Waals surface area contributed by atoms with Crippen molar-refractivity contribution in [1.29, 1.82) is 0 Å². The summed E-state index contributed by atoms with van der Waals surface area (Å²) in [4.78, 5) is 25.1. The van der Waals surface area contributed by atoms with E-state index in [1.807, 2.05) is 6.07 Å². The lowest BCUT2D eigenvalue weighted by atomic mass is 9.97. The SMILES string of the molecule is CNS(=O)(=O)c1cc(-c2ccc(OC(F)(F)F)c(CCN(CCCCC=O)C(=O)OC(C)(C)C)c2)cc2c1CCC2.